The number of hydrogen-bond acceptors (Lipinski definition) is 5. The predicted molar refractivity (Wildman–Crippen MR) is 86.1 cm³/mol. The summed E-state index contributed by atoms with van der Waals surface area (Å²) in [5, 5.41) is 13.8. The van der Waals surface area contributed by atoms with Gasteiger partial charge < -0.3 is 10.1 Å². The van der Waals surface area contributed by atoms with E-state index in [1.807, 2.05) is 5.38 Å². The first-order chi connectivity index (χ1) is 11.0. The van der Waals surface area contributed by atoms with E-state index in [9.17, 15) is 14.9 Å². The molecule has 0 bridgehead atoms. The molecule has 0 aliphatic heterocycles. The highest BCUT2D eigenvalue weighted by molar-refractivity contribution is 7.10. The highest BCUT2D eigenvalue weighted by Gasteiger charge is 2.43. The summed E-state index contributed by atoms with van der Waals surface area (Å²) >= 11 is 1.60. The minimum absolute atomic E-state index is 0.205. The molecular weight excluding hydrogens is 312 g/mol. The lowest BCUT2D eigenvalue weighted by atomic mass is 9.96. The first-order valence-electron chi connectivity index (χ1n) is 8.02. The summed E-state index contributed by atoms with van der Waals surface area (Å²) in [6.45, 7) is 1.38. The highest BCUT2D eigenvalue weighted by atomic mass is 32.1. The van der Waals surface area contributed by atoms with Crippen LogP contribution in [0, 0.1) is 17.2 Å². The van der Waals surface area contributed by atoms with Crippen LogP contribution in [0.3, 0.4) is 0 Å². The van der Waals surface area contributed by atoms with Crippen molar-refractivity contribution in [2.24, 2.45) is 5.92 Å². The number of carbonyl (C=O) groups excluding carboxylic acids is 2. The van der Waals surface area contributed by atoms with Crippen LogP contribution in [0.25, 0.3) is 0 Å². The lowest BCUT2D eigenvalue weighted by Crippen LogP contribution is -2.48. The maximum Gasteiger partial charge on any atom is 0.339 e. The van der Waals surface area contributed by atoms with Crippen LogP contribution in [-0.2, 0) is 22.4 Å². The lowest BCUT2D eigenvalue weighted by molar-refractivity contribution is -0.125. The van der Waals surface area contributed by atoms with Crippen molar-refractivity contribution in [2.75, 3.05) is 6.61 Å². The second-order valence-electron chi connectivity index (χ2n) is 6.47. The quantitative estimate of drug-likeness (QED) is 0.841. The number of rotatable bonds is 5. The number of nitrogens with zero attached hydrogens (tertiary/aromatic N) is 1. The van der Waals surface area contributed by atoms with Gasteiger partial charge in [0.1, 0.15) is 5.54 Å². The molecule has 6 heteroatoms. The van der Waals surface area contributed by atoms with Crippen molar-refractivity contribution in [1.82, 2.24) is 5.32 Å². The van der Waals surface area contributed by atoms with Gasteiger partial charge in [0.2, 0.25) is 0 Å². The van der Waals surface area contributed by atoms with Gasteiger partial charge in [0.05, 0.1) is 11.6 Å². The second kappa shape index (κ2) is 6.32. The maximum atomic E-state index is 12.2. The summed E-state index contributed by atoms with van der Waals surface area (Å²) < 4.78 is 5.15. The number of aryl methyl sites for hydroxylation is 1. The summed E-state index contributed by atoms with van der Waals surface area (Å²) in [6.07, 6.45) is 6.08. The predicted octanol–water partition coefficient (Wildman–Crippen LogP) is 2.59. The van der Waals surface area contributed by atoms with E-state index in [2.05, 4.69) is 11.4 Å². The third-order valence-corrected chi connectivity index (χ3v) is 5.73. The van der Waals surface area contributed by atoms with E-state index < -0.39 is 17.4 Å². The Hall–Kier alpha value is -1.87. The molecule has 1 saturated carbocycles. The van der Waals surface area contributed by atoms with Crippen molar-refractivity contribution >= 4 is 23.2 Å². The average Bonchev–Trinajstić information content (AvgIpc) is 3.33. The minimum atomic E-state index is -0.856. The molecule has 1 aromatic heterocycles. The molecule has 2 aliphatic rings. The van der Waals surface area contributed by atoms with Crippen LogP contribution < -0.4 is 5.32 Å². The molecule has 0 saturated heterocycles. The first kappa shape index (κ1) is 16.0. The first-order valence-corrected chi connectivity index (χ1v) is 8.90. The van der Waals surface area contributed by atoms with Gasteiger partial charge in [-0.3, -0.25) is 4.79 Å². The number of esters is 1. The number of ether oxygens (including phenoxy) is 1. The second-order valence-corrected chi connectivity index (χ2v) is 7.44. The smallest absolute Gasteiger partial charge is 0.339 e. The van der Waals surface area contributed by atoms with Gasteiger partial charge in [-0.15, -0.1) is 11.3 Å². The van der Waals surface area contributed by atoms with E-state index in [0.29, 0.717) is 5.56 Å². The van der Waals surface area contributed by atoms with Crippen LogP contribution in [0.15, 0.2) is 5.38 Å². The van der Waals surface area contributed by atoms with Crippen LogP contribution in [0.1, 0.15) is 53.4 Å². The molecule has 0 radical (unpaired) electrons. The molecule has 0 unspecified atom stereocenters. The molecule has 2 aliphatic carbocycles. The lowest BCUT2D eigenvalue weighted by Gasteiger charge is -2.22. The van der Waals surface area contributed by atoms with Crippen LogP contribution in [0.2, 0.25) is 0 Å². The molecule has 122 valence electrons. The fourth-order valence-electron chi connectivity index (χ4n) is 3.08. The van der Waals surface area contributed by atoms with Crippen molar-refractivity contribution in [2.45, 2.75) is 51.0 Å². The number of carbonyl (C=O) groups is 2. The Morgan fingerprint density at radius 2 is 2.17 bits per heavy atom. The molecule has 0 aromatic carbocycles. The van der Waals surface area contributed by atoms with E-state index in [0.717, 1.165) is 44.1 Å². The van der Waals surface area contributed by atoms with Gasteiger partial charge in [-0.1, -0.05) is 0 Å². The fourth-order valence-corrected chi connectivity index (χ4v) is 4.20. The molecule has 1 amide bonds. The van der Waals surface area contributed by atoms with Gasteiger partial charge in [-0.25, -0.2) is 4.79 Å². The van der Waals surface area contributed by atoms with Gasteiger partial charge in [0.25, 0.3) is 5.91 Å². The van der Waals surface area contributed by atoms with E-state index in [1.54, 1.807) is 18.3 Å². The summed E-state index contributed by atoms with van der Waals surface area (Å²) in [6, 6.07) is 2.16. The van der Waals surface area contributed by atoms with E-state index in [4.69, 9.17) is 4.74 Å². The molecule has 23 heavy (non-hydrogen) atoms. The Morgan fingerprint density at radius 3 is 2.87 bits per heavy atom. The number of fused-ring (bicyclic) bond motifs is 1. The number of thiophene rings is 1. The highest BCUT2D eigenvalue weighted by Crippen LogP contribution is 2.39. The van der Waals surface area contributed by atoms with Gasteiger partial charge in [-0.2, -0.15) is 5.26 Å². The topological polar surface area (TPSA) is 79.2 Å². The van der Waals surface area contributed by atoms with Crippen molar-refractivity contribution in [3.8, 4) is 6.07 Å². The minimum Gasteiger partial charge on any atom is -0.452 e. The molecule has 1 atom stereocenters. The van der Waals surface area contributed by atoms with Crippen molar-refractivity contribution < 1.29 is 14.3 Å². The van der Waals surface area contributed by atoms with Gasteiger partial charge in [-0.05, 0) is 56.9 Å². The summed E-state index contributed by atoms with van der Waals surface area (Å²) in [5.74, 6) is -0.654. The third kappa shape index (κ3) is 3.40. The zero-order chi connectivity index (χ0) is 16.4. The van der Waals surface area contributed by atoms with Crippen molar-refractivity contribution in [3.05, 3.63) is 21.4 Å². The van der Waals surface area contributed by atoms with Crippen molar-refractivity contribution in [3.63, 3.8) is 0 Å². The number of amides is 1. The molecule has 1 N–H and O–H groups in total. The van der Waals surface area contributed by atoms with Crippen LogP contribution >= 0.6 is 11.3 Å². The molecule has 5 nitrogen and oxygen atoms in total. The fraction of sp³-hybridized carbons (Fsp3) is 0.588. The summed E-state index contributed by atoms with van der Waals surface area (Å²) in [5.41, 5.74) is 0.833. The average molecular weight is 332 g/mol. The molecule has 0 spiro atoms. The number of hydrogen-bond donors (Lipinski definition) is 1. The zero-order valence-electron chi connectivity index (χ0n) is 13.2. The monoisotopic (exact) mass is 332 g/mol. The molecule has 1 aromatic rings. The van der Waals surface area contributed by atoms with E-state index >= 15 is 0 Å². The van der Waals surface area contributed by atoms with Crippen molar-refractivity contribution in [1.29, 1.82) is 5.26 Å². The molecule has 1 heterocycles. The van der Waals surface area contributed by atoms with Gasteiger partial charge in [0.15, 0.2) is 6.61 Å². The Morgan fingerprint density at radius 1 is 1.43 bits per heavy atom. The Labute approximate surface area is 139 Å². The van der Waals surface area contributed by atoms with Crippen LogP contribution in [-0.4, -0.2) is 24.0 Å². The third-order valence-electron chi connectivity index (χ3n) is 4.64. The molecule has 1 fully saturated rings. The number of nitriles is 1. The molecule has 3 rings (SSSR count). The van der Waals surface area contributed by atoms with Gasteiger partial charge in [0, 0.05) is 10.3 Å². The summed E-state index contributed by atoms with van der Waals surface area (Å²) in [7, 11) is 0. The SMILES string of the molecule is C[C@](C#N)(NC(=O)COC(=O)c1csc2c1CCCC2)C1CC1. The normalized spacial score (nSPS) is 19.1. The van der Waals surface area contributed by atoms with Crippen LogP contribution in [0.4, 0.5) is 0 Å². The van der Waals surface area contributed by atoms with E-state index in [1.165, 1.54) is 4.88 Å². The standard InChI is InChI=1S/C17H20N2O3S/c1-17(10-18,11-6-7-11)19-15(20)8-22-16(21)13-9-23-14-5-3-2-4-12(13)14/h9,11H,2-8H2,1H3,(H,19,20)/t17-/m1/s1. The molecular formula is C17H20N2O3S. The largest absolute Gasteiger partial charge is 0.452 e. The number of nitrogens with one attached hydrogen (secondary N) is 1. The van der Waals surface area contributed by atoms with Crippen LogP contribution in [0.5, 0.6) is 0 Å². The Balaban J connectivity index is 1.56. The Kier molecular flexibility index (Phi) is 4.40. The van der Waals surface area contributed by atoms with Gasteiger partial charge >= 0.3 is 5.97 Å². The zero-order valence-corrected chi connectivity index (χ0v) is 14.0. The Bertz CT molecular complexity index is 672. The van der Waals surface area contributed by atoms with E-state index in [-0.39, 0.29) is 12.5 Å². The summed E-state index contributed by atoms with van der Waals surface area (Å²) in [4.78, 5) is 25.4. The maximum absolute atomic E-state index is 12.2.